The molecule has 2 aromatic carbocycles. The van der Waals surface area contributed by atoms with Crippen molar-refractivity contribution in [3.63, 3.8) is 0 Å². The average Bonchev–Trinajstić information content (AvgIpc) is 2.62. The van der Waals surface area contributed by atoms with Gasteiger partial charge in [0.2, 0.25) is 0 Å². The summed E-state index contributed by atoms with van der Waals surface area (Å²) in [5.41, 5.74) is 2.61. The molecule has 1 heterocycles. The van der Waals surface area contributed by atoms with Crippen molar-refractivity contribution in [2.24, 2.45) is 5.92 Å². The average molecular weight is 313 g/mol. The van der Waals surface area contributed by atoms with Crippen molar-refractivity contribution in [3.8, 4) is 5.75 Å². The molecule has 0 bridgehead atoms. The van der Waals surface area contributed by atoms with Crippen molar-refractivity contribution < 1.29 is 9.13 Å². The summed E-state index contributed by atoms with van der Waals surface area (Å²) in [4.78, 5) is 0. The normalized spacial score (nSPS) is 16.9. The molecular weight excluding hydrogens is 289 g/mol. The Balaban J connectivity index is 1.91. The van der Waals surface area contributed by atoms with Crippen LogP contribution in [0.5, 0.6) is 5.75 Å². The zero-order valence-corrected chi connectivity index (χ0v) is 13.4. The second-order valence-electron chi connectivity index (χ2n) is 6.09. The van der Waals surface area contributed by atoms with Gasteiger partial charge in [-0.25, -0.2) is 4.39 Å². The lowest BCUT2D eigenvalue weighted by Gasteiger charge is -2.31. The summed E-state index contributed by atoms with van der Waals surface area (Å²) in [6.45, 7) is 1.81. The highest BCUT2D eigenvalue weighted by Crippen LogP contribution is 2.37. The number of hydrogen-bond donors (Lipinski definition) is 1. The molecule has 2 aromatic rings. The van der Waals surface area contributed by atoms with E-state index in [1.165, 1.54) is 24.0 Å². The van der Waals surface area contributed by atoms with Gasteiger partial charge in [0, 0.05) is 5.92 Å². The molecule has 0 spiro atoms. The van der Waals surface area contributed by atoms with Gasteiger partial charge in [0.15, 0.2) is 0 Å². The summed E-state index contributed by atoms with van der Waals surface area (Å²) in [5.74, 6) is 1.75. The van der Waals surface area contributed by atoms with Gasteiger partial charge < -0.3 is 10.1 Å². The molecule has 1 N–H and O–H groups in total. The largest absolute Gasteiger partial charge is 0.491 e. The quantitative estimate of drug-likeness (QED) is 0.864. The number of hydrogen-bond acceptors (Lipinski definition) is 2. The lowest BCUT2D eigenvalue weighted by Crippen LogP contribution is -2.31. The van der Waals surface area contributed by atoms with Crippen LogP contribution in [0, 0.1) is 5.92 Å². The molecule has 0 radical (unpaired) electrons. The van der Waals surface area contributed by atoms with Crippen LogP contribution >= 0.6 is 0 Å². The fourth-order valence-corrected chi connectivity index (χ4v) is 3.53. The van der Waals surface area contributed by atoms with E-state index in [1.54, 1.807) is 0 Å². The van der Waals surface area contributed by atoms with Crippen LogP contribution in [0.3, 0.4) is 0 Å². The van der Waals surface area contributed by atoms with Crippen molar-refractivity contribution >= 4 is 0 Å². The summed E-state index contributed by atoms with van der Waals surface area (Å²) in [6, 6.07) is 18.9. The van der Waals surface area contributed by atoms with Gasteiger partial charge in [-0.2, -0.15) is 0 Å². The molecule has 1 saturated heterocycles. The third-order valence-electron chi connectivity index (χ3n) is 4.58. The van der Waals surface area contributed by atoms with E-state index < -0.39 is 6.67 Å². The Hall–Kier alpha value is -1.87. The Morgan fingerprint density at radius 2 is 1.74 bits per heavy atom. The van der Waals surface area contributed by atoms with Crippen molar-refractivity contribution in [1.82, 2.24) is 5.32 Å². The maximum atomic E-state index is 12.4. The van der Waals surface area contributed by atoms with E-state index >= 15 is 0 Å². The summed E-state index contributed by atoms with van der Waals surface area (Å²) >= 11 is 0. The van der Waals surface area contributed by atoms with Crippen LogP contribution in [0.1, 0.15) is 29.9 Å². The Morgan fingerprint density at radius 1 is 1.00 bits per heavy atom. The van der Waals surface area contributed by atoms with E-state index in [0.717, 1.165) is 18.8 Å². The Kier molecular flexibility index (Phi) is 5.65. The number of ether oxygens (including phenoxy) is 1. The lowest BCUT2D eigenvalue weighted by molar-refractivity contribution is 0.272. The van der Waals surface area contributed by atoms with Crippen molar-refractivity contribution in [2.75, 3.05) is 26.4 Å². The van der Waals surface area contributed by atoms with Crippen molar-refractivity contribution in [3.05, 3.63) is 65.7 Å². The molecule has 23 heavy (non-hydrogen) atoms. The second kappa shape index (κ2) is 8.11. The third-order valence-corrected chi connectivity index (χ3v) is 4.58. The fraction of sp³-hybridized carbons (Fsp3) is 0.400. The molecule has 0 unspecified atom stereocenters. The van der Waals surface area contributed by atoms with Gasteiger partial charge in [-0.05, 0) is 55.1 Å². The van der Waals surface area contributed by atoms with Gasteiger partial charge >= 0.3 is 0 Å². The molecule has 1 aliphatic heterocycles. The second-order valence-corrected chi connectivity index (χ2v) is 6.09. The zero-order valence-electron chi connectivity index (χ0n) is 13.4. The zero-order chi connectivity index (χ0) is 15.9. The van der Waals surface area contributed by atoms with Crippen LogP contribution in [0.15, 0.2) is 54.6 Å². The highest BCUT2D eigenvalue weighted by atomic mass is 19.1. The summed E-state index contributed by atoms with van der Waals surface area (Å²) in [5, 5.41) is 3.45. The molecule has 1 fully saturated rings. The number of benzene rings is 2. The van der Waals surface area contributed by atoms with Crippen molar-refractivity contribution in [1.29, 1.82) is 0 Å². The van der Waals surface area contributed by atoms with Gasteiger partial charge in [-0.1, -0.05) is 42.5 Å². The van der Waals surface area contributed by atoms with Gasteiger partial charge in [0.1, 0.15) is 19.0 Å². The number of nitrogens with one attached hydrogen (secondary N) is 1. The first kappa shape index (κ1) is 16.0. The Labute approximate surface area is 137 Å². The standard InChI is InChI=1S/C20H24FNO/c21-11-14-23-19-8-4-7-18(15-19)20(16-5-2-1-3-6-16)17-9-12-22-13-10-17/h1-8,15,17,20,22H,9-14H2/t20-/m0/s1. The van der Waals surface area contributed by atoms with Gasteiger partial charge in [0.25, 0.3) is 0 Å². The minimum absolute atomic E-state index is 0.118. The maximum absolute atomic E-state index is 12.4. The van der Waals surface area contributed by atoms with E-state index in [1.807, 2.05) is 12.1 Å². The first-order valence-corrected chi connectivity index (χ1v) is 8.43. The maximum Gasteiger partial charge on any atom is 0.123 e. The van der Waals surface area contributed by atoms with Crippen LogP contribution < -0.4 is 10.1 Å². The minimum atomic E-state index is -0.458. The van der Waals surface area contributed by atoms with E-state index in [9.17, 15) is 4.39 Å². The topological polar surface area (TPSA) is 21.3 Å². The Bertz CT molecular complexity index is 596. The molecule has 1 aliphatic rings. The lowest BCUT2D eigenvalue weighted by atomic mass is 9.76. The third kappa shape index (κ3) is 4.11. The number of halogens is 1. The predicted octanol–water partition coefficient (Wildman–Crippen LogP) is 4.17. The molecule has 0 saturated carbocycles. The molecule has 0 aliphatic carbocycles. The summed E-state index contributed by atoms with van der Waals surface area (Å²) < 4.78 is 17.8. The number of rotatable bonds is 6. The molecule has 122 valence electrons. The molecule has 0 aromatic heterocycles. The van der Waals surface area contributed by atoms with Crippen LogP contribution in [0.4, 0.5) is 4.39 Å². The van der Waals surface area contributed by atoms with E-state index in [-0.39, 0.29) is 6.61 Å². The molecule has 2 nitrogen and oxygen atoms in total. The predicted molar refractivity (Wildman–Crippen MR) is 91.8 cm³/mol. The highest BCUT2D eigenvalue weighted by Gasteiger charge is 2.26. The first-order chi connectivity index (χ1) is 11.4. The molecule has 0 amide bonds. The van der Waals surface area contributed by atoms with E-state index in [2.05, 4.69) is 47.8 Å². The smallest absolute Gasteiger partial charge is 0.123 e. The van der Waals surface area contributed by atoms with Crippen molar-refractivity contribution in [2.45, 2.75) is 18.8 Å². The van der Waals surface area contributed by atoms with E-state index in [0.29, 0.717) is 11.8 Å². The first-order valence-electron chi connectivity index (χ1n) is 8.43. The monoisotopic (exact) mass is 313 g/mol. The SMILES string of the molecule is FCCOc1cccc([C@@H](c2ccccc2)C2CCNCC2)c1. The van der Waals surface area contributed by atoms with Crippen LogP contribution in [-0.2, 0) is 0 Å². The molecule has 1 atom stereocenters. The van der Waals surface area contributed by atoms with Crippen LogP contribution in [-0.4, -0.2) is 26.4 Å². The van der Waals surface area contributed by atoms with Crippen LogP contribution in [0.2, 0.25) is 0 Å². The molecule has 3 rings (SSSR count). The molecular formula is C20H24FNO. The van der Waals surface area contributed by atoms with Gasteiger partial charge in [0.05, 0.1) is 0 Å². The minimum Gasteiger partial charge on any atom is -0.491 e. The highest BCUT2D eigenvalue weighted by molar-refractivity contribution is 5.38. The van der Waals surface area contributed by atoms with Gasteiger partial charge in [-0.3, -0.25) is 0 Å². The fourth-order valence-electron chi connectivity index (χ4n) is 3.53. The number of alkyl halides is 1. The summed E-state index contributed by atoms with van der Waals surface area (Å²) in [6.07, 6.45) is 2.35. The Morgan fingerprint density at radius 3 is 2.48 bits per heavy atom. The summed E-state index contributed by atoms with van der Waals surface area (Å²) in [7, 11) is 0. The number of piperidine rings is 1. The van der Waals surface area contributed by atoms with Gasteiger partial charge in [-0.15, -0.1) is 0 Å². The molecule has 3 heteroatoms. The van der Waals surface area contributed by atoms with E-state index in [4.69, 9.17) is 4.74 Å². The van der Waals surface area contributed by atoms with Crippen LogP contribution in [0.25, 0.3) is 0 Å².